The van der Waals surface area contributed by atoms with Crippen LogP contribution in [0.5, 0.6) is 0 Å². The molecule has 2 aliphatic carbocycles. The highest BCUT2D eigenvalue weighted by atomic mass is 35.5. The Labute approximate surface area is 111 Å². The smallest absolute Gasteiger partial charge is 0.236 e. The average Bonchev–Trinajstić information content (AvgIpc) is 3.14. The van der Waals surface area contributed by atoms with Gasteiger partial charge in [0.05, 0.1) is 6.54 Å². The average molecular weight is 261 g/mol. The van der Waals surface area contributed by atoms with Gasteiger partial charge in [-0.3, -0.25) is 4.79 Å². The van der Waals surface area contributed by atoms with E-state index in [9.17, 15) is 4.79 Å². The first-order chi connectivity index (χ1) is 7.53. The van der Waals surface area contributed by atoms with Crippen molar-refractivity contribution in [2.75, 3.05) is 20.1 Å². The van der Waals surface area contributed by atoms with Gasteiger partial charge in [0, 0.05) is 13.1 Å². The van der Waals surface area contributed by atoms with E-state index in [0.717, 1.165) is 12.5 Å². The van der Waals surface area contributed by atoms with Crippen molar-refractivity contribution in [1.82, 2.24) is 10.2 Å². The Balaban J connectivity index is 0.00000144. The van der Waals surface area contributed by atoms with Crippen LogP contribution in [-0.2, 0) is 4.79 Å². The van der Waals surface area contributed by atoms with Gasteiger partial charge in [-0.05, 0) is 50.5 Å². The van der Waals surface area contributed by atoms with Crippen molar-refractivity contribution in [1.29, 1.82) is 0 Å². The minimum absolute atomic E-state index is 0. The lowest BCUT2D eigenvalue weighted by Gasteiger charge is -2.30. The van der Waals surface area contributed by atoms with Gasteiger partial charge in [0.25, 0.3) is 0 Å². The summed E-state index contributed by atoms with van der Waals surface area (Å²) in [5, 5.41) is 3.26. The van der Waals surface area contributed by atoms with E-state index >= 15 is 0 Å². The Morgan fingerprint density at radius 1 is 1.47 bits per heavy atom. The molecule has 0 aromatic rings. The normalized spacial score (nSPS) is 22.5. The molecule has 0 spiro atoms. The van der Waals surface area contributed by atoms with Crippen LogP contribution in [0.3, 0.4) is 0 Å². The Morgan fingerprint density at radius 3 is 2.53 bits per heavy atom. The lowest BCUT2D eigenvalue weighted by atomic mass is 9.99. The van der Waals surface area contributed by atoms with Crippen LogP contribution < -0.4 is 5.32 Å². The van der Waals surface area contributed by atoms with Crippen LogP contribution in [0, 0.1) is 11.3 Å². The van der Waals surface area contributed by atoms with Gasteiger partial charge in [0.1, 0.15) is 0 Å². The molecule has 0 bridgehead atoms. The molecule has 1 N–H and O–H groups in total. The first-order valence-corrected chi connectivity index (χ1v) is 6.49. The van der Waals surface area contributed by atoms with Gasteiger partial charge in [-0.15, -0.1) is 12.4 Å². The number of nitrogens with zero attached hydrogens (tertiary/aromatic N) is 1. The summed E-state index contributed by atoms with van der Waals surface area (Å²) in [6.07, 6.45) is 5.21. The zero-order valence-electron chi connectivity index (χ0n) is 11.2. The molecule has 0 heterocycles. The molecule has 0 saturated heterocycles. The number of nitrogens with one attached hydrogen (secondary N) is 1. The summed E-state index contributed by atoms with van der Waals surface area (Å²) in [7, 11) is 1.94. The van der Waals surface area contributed by atoms with E-state index in [2.05, 4.69) is 19.2 Å². The molecule has 100 valence electrons. The minimum Gasteiger partial charge on any atom is -0.341 e. The van der Waals surface area contributed by atoms with Crippen molar-refractivity contribution in [3.05, 3.63) is 0 Å². The van der Waals surface area contributed by atoms with E-state index < -0.39 is 0 Å². The number of carbonyl (C=O) groups excluding carboxylic acids is 1. The zero-order valence-corrected chi connectivity index (χ0v) is 12.0. The van der Waals surface area contributed by atoms with Gasteiger partial charge in [0.2, 0.25) is 5.91 Å². The Kier molecular flexibility index (Phi) is 4.85. The second kappa shape index (κ2) is 5.57. The van der Waals surface area contributed by atoms with E-state index in [1.54, 1.807) is 0 Å². The number of rotatable bonds is 6. The summed E-state index contributed by atoms with van der Waals surface area (Å²) in [5.74, 6) is 1.08. The van der Waals surface area contributed by atoms with E-state index in [0.29, 0.717) is 18.0 Å². The molecule has 1 atom stereocenters. The zero-order chi connectivity index (χ0) is 11.8. The number of hydrogen-bond donors (Lipinski definition) is 1. The van der Waals surface area contributed by atoms with E-state index in [4.69, 9.17) is 0 Å². The maximum atomic E-state index is 11.9. The first-order valence-electron chi connectivity index (χ1n) is 6.49. The van der Waals surface area contributed by atoms with Crippen LogP contribution in [0.2, 0.25) is 0 Å². The second-order valence-corrected chi connectivity index (χ2v) is 5.91. The number of carbonyl (C=O) groups is 1. The number of likely N-dealkylation sites (N-methyl/N-ethyl adjacent to an activating group) is 1. The summed E-state index contributed by atoms with van der Waals surface area (Å²) in [4.78, 5) is 13.8. The largest absolute Gasteiger partial charge is 0.341 e. The van der Waals surface area contributed by atoms with Gasteiger partial charge < -0.3 is 10.2 Å². The van der Waals surface area contributed by atoms with Crippen molar-refractivity contribution < 1.29 is 4.79 Å². The Bertz CT molecular complexity index is 275. The summed E-state index contributed by atoms with van der Waals surface area (Å²) >= 11 is 0. The number of halogens is 1. The van der Waals surface area contributed by atoms with Crippen LogP contribution in [0.4, 0.5) is 0 Å². The molecule has 1 amide bonds. The number of hydrogen-bond acceptors (Lipinski definition) is 2. The SMILES string of the molecule is CC(N(C)C(=O)CNCC1CC1)C1(C)CC1.Cl. The molecule has 17 heavy (non-hydrogen) atoms. The first kappa shape index (κ1) is 14.8. The predicted octanol–water partition coefficient (Wildman–Crippen LogP) is 2.05. The van der Waals surface area contributed by atoms with E-state index in [1.807, 2.05) is 11.9 Å². The molecule has 0 aromatic carbocycles. The molecular weight excluding hydrogens is 236 g/mol. The third kappa shape index (κ3) is 3.85. The van der Waals surface area contributed by atoms with Gasteiger partial charge in [0.15, 0.2) is 0 Å². The highest BCUT2D eigenvalue weighted by Gasteiger charge is 2.45. The monoisotopic (exact) mass is 260 g/mol. The van der Waals surface area contributed by atoms with Gasteiger partial charge in [-0.2, -0.15) is 0 Å². The fourth-order valence-electron chi connectivity index (χ4n) is 2.13. The van der Waals surface area contributed by atoms with Gasteiger partial charge in [-0.25, -0.2) is 0 Å². The fraction of sp³-hybridized carbons (Fsp3) is 0.923. The molecule has 0 radical (unpaired) electrons. The molecule has 0 aromatic heterocycles. The van der Waals surface area contributed by atoms with Gasteiger partial charge >= 0.3 is 0 Å². The highest BCUT2D eigenvalue weighted by Crippen LogP contribution is 2.49. The topological polar surface area (TPSA) is 32.3 Å². The van der Waals surface area contributed by atoms with Crippen LogP contribution >= 0.6 is 12.4 Å². The van der Waals surface area contributed by atoms with Crippen molar-refractivity contribution in [2.45, 2.75) is 45.6 Å². The van der Waals surface area contributed by atoms with Crippen LogP contribution in [0.15, 0.2) is 0 Å². The van der Waals surface area contributed by atoms with E-state index in [1.165, 1.54) is 25.7 Å². The molecule has 4 heteroatoms. The molecule has 1 unspecified atom stereocenters. The fourth-order valence-corrected chi connectivity index (χ4v) is 2.13. The Morgan fingerprint density at radius 2 is 2.06 bits per heavy atom. The predicted molar refractivity (Wildman–Crippen MR) is 72.4 cm³/mol. The summed E-state index contributed by atoms with van der Waals surface area (Å²) in [6, 6.07) is 0.378. The molecule has 0 aliphatic heterocycles. The minimum atomic E-state index is 0. The molecule has 2 aliphatic rings. The maximum Gasteiger partial charge on any atom is 0.236 e. The van der Waals surface area contributed by atoms with Crippen molar-refractivity contribution in [2.24, 2.45) is 11.3 Å². The highest BCUT2D eigenvalue weighted by molar-refractivity contribution is 5.85. The molecule has 2 fully saturated rings. The summed E-state index contributed by atoms with van der Waals surface area (Å²) in [6.45, 7) is 5.98. The molecule has 2 rings (SSSR count). The maximum absolute atomic E-state index is 11.9. The van der Waals surface area contributed by atoms with Crippen molar-refractivity contribution in [3.63, 3.8) is 0 Å². The standard InChI is InChI=1S/C13H24N2O.ClH/c1-10(13(2)6-7-13)15(3)12(16)9-14-8-11-4-5-11;/h10-11,14H,4-9H2,1-3H3;1H. The van der Waals surface area contributed by atoms with Crippen molar-refractivity contribution in [3.8, 4) is 0 Å². The summed E-state index contributed by atoms with van der Waals surface area (Å²) < 4.78 is 0. The Hall–Kier alpha value is -0.280. The van der Waals surface area contributed by atoms with Crippen LogP contribution in [0.1, 0.15) is 39.5 Å². The van der Waals surface area contributed by atoms with Crippen LogP contribution in [0.25, 0.3) is 0 Å². The van der Waals surface area contributed by atoms with E-state index in [-0.39, 0.29) is 18.3 Å². The second-order valence-electron chi connectivity index (χ2n) is 5.91. The quantitative estimate of drug-likeness (QED) is 0.793. The lowest BCUT2D eigenvalue weighted by molar-refractivity contribution is -0.131. The molecule has 3 nitrogen and oxygen atoms in total. The van der Waals surface area contributed by atoms with Crippen molar-refractivity contribution >= 4 is 18.3 Å². The van der Waals surface area contributed by atoms with Crippen LogP contribution in [-0.4, -0.2) is 37.0 Å². The lowest BCUT2D eigenvalue weighted by Crippen LogP contribution is -2.44. The molecular formula is C13H25ClN2O. The number of amides is 1. The third-order valence-corrected chi connectivity index (χ3v) is 4.43. The van der Waals surface area contributed by atoms with Gasteiger partial charge in [-0.1, -0.05) is 6.92 Å². The molecule has 2 saturated carbocycles. The third-order valence-electron chi connectivity index (χ3n) is 4.43. The summed E-state index contributed by atoms with van der Waals surface area (Å²) in [5.41, 5.74) is 0.390.